The van der Waals surface area contributed by atoms with Crippen molar-refractivity contribution in [3.63, 3.8) is 0 Å². The van der Waals surface area contributed by atoms with E-state index < -0.39 is 0 Å². The summed E-state index contributed by atoms with van der Waals surface area (Å²) in [5, 5.41) is 0. The molecule has 2 aliphatic rings. The molecule has 4 rings (SSSR count). The Morgan fingerprint density at radius 3 is 2.70 bits per heavy atom. The quantitative estimate of drug-likeness (QED) is 0.589. The van der Waals surface area contributed by atoms with Crippen molar-refractivity contribution in [2.24, 2.45) is 5.92 Å². The fourth-order valence-electron chi connectivity index (χ4n) is 6.01. The van der Waals surface area contributed by atoms with Crippen LogP contribution in [-0.4, -0.2) is 68.8 Å². The van der Waals surface area contributed by atoms with E-state index in [0.29, 0.717) is 5.92 Å². The molecule has 0 N–H and O–H groups in total. The summed E-state index contributed by atoms with van der Waals surface area (Å²) in [6, 6.07) is 18.2. The molecule has 1 saturated carbocycles. The molecule has 1 amide bonds. The van der Waals surface area contributed by atoms with Gasteiger partial charge in [-0.2, -0.15) is 0 Å². The molecule has 1 aliphatic heterocycles. The average Bonchev–Trinajstić information content (AvgIpc) is 2.87. The highest BCUT2D eigenvalue weighted by Gasteiger charge is 2.53. The van der Waals surface area contributed by atoms with Gasteiger partial charge >= 0.3 is 0 Å². The number of rotatable bonds is 7. The van der Waals surface area contributed by atoms with E-state index in [9.17, 15) is 4.79 Å². The molecular weight excluding hydrogens is 412 g/mol. The molecule has 0 bridgehead atoms. The highest BCUT2D eigenvalue weighted by Crippen LogP contribution is 2.51. The van der Waals surface area contributed by atoms with Crippen LogP contribution in [0.2, 0.25) is 0 Å². The lowest BCUT2D eigenvalue weighted by Crippen LogP contribution is -2.61. The Labute approximate surface area is 198 Å². The molecule has 1 heterocycles. The van der Waals surface area contributed by atoms with E-state index in [1.165, 1.54) is 5.56 Å². The number of hydrogen-bond acceptors (Lipinski definition) is 4. The van der Waals surface area contributed by atoms with Gasteiger partial charge in [-0.25, -0.2) is 0 Å². The molecule has 1 saturated heterocycles. The van der Waals surface area contributed by atoms with Gasteiger partial charge in [0.1, 0.15) is 5.75 Å². The standard InChI is InChI=1S/C28H36N2O3/c1-5-15-30-16-14-28(22-12-9-13-24(17-22)32-3)19-23(18-26(33-4)25(28)20-30)29(2)27(31)21-10-7-6-8-11-21/h5-13,17,23,25-26H,1,14-16,18-20H2,2-4H3/t23-,25?,26?,28?/m0/s1. The molecule has 2 fully saturated rings. The zero-order valence-electron chi connectivity index (χ0n) is 20.1. The number of methoxy groups -OCH3 is 2. The molecule has 3 unspecified atom stereocenters. The van der Waals surface area contributed by atoms with Crippen LogP contribution < -0.4 is 4.74 Å². The summed E-state index contributed by atoms with van der Waals surface area (Å²) in [5.41, 5.74) is 1.94. The first-order valence-corrected chi connectivity index (χ1v) is 11.8. The van der Waals surface area contributed by atoms with Crippen molar-refractivity contribution in [3.8, 4) is 5.75 Å². The summed E-state index contributed by atoms with van der Waals surface area (Å²) in [5.74, 6) is 1.28. The van der Waals surface area contributed by atoms with E-state index in [4.69, 9.17) is 9.47 Å². The van der Waals surface area contributed by atoms with Crippen LogP contribution in [0.1, 0.15) is 35.2 Å². The molecule has 33 heavy (non-hydrogen) atoms. The second-order valence-electron chi connectivity index (χ2n) is 9.44. The Morgan fingerprint density at radius 2 is 2.00 bits per heavy atom. The number of benzene rings is 2. The van der Waals surface area contributed by atoms with Gasteiger partial charge in [-0.15, -0.1) is 6.58 Å². The van der Waals surface area contributed by atoms with E-state index >= 15 is 0 Å². The maximum absolute atomic E-state index is 13.3. The van der Waals surface area contributed by atoms with Crippen molar-refractivity contribution in [1.82, 2.24) is 9.80 Å². The monoisotopic (exact) mass is 448 g/mol. The molecule has 5 heteroatoms. The summed E-state index contributed by atoms with van der Waals surface area (Å²) < 4.78 is 11.7. The fraction of sp³-hybridized carbons (Fsp3) is 0.464. The third-order valence-electron chi connectivity index (χ3n) is 7.82. The van der Waals surface area contributed by atoms with Crippen LogP contribution in [0.25, 0.3) is 0 Å². The van der Waals surface area contributed by atoms with Gasteiger partial charge in [0.2, 0.25) is 0 Å². The van der Waals surface area contributed by atoms with Crippen molar-refractivity contribution < 1.29 is 14.3 Å². The van der Waals surface area contributed by atoms with Gasteiger partial charge in [0.05, 0.1) is 13.2 Å². The number of fused-ring (bicyclic) bond motifs is 1. The number of piperidine rings is 1. The minimum Gasteiger partial charge on any atom is -0.497 e. The van der Waals surface area contributed by atoms with Gasteiger partial charge in [0.15, 0.2) is 0 Å². The van der Waals surface area contributed by atoms with E-state index in [0.717, 1.165) is 50.2 Å². The molecule has 2 aromatic carbocycles. The van der Waals surface area contributed by atoms with Crippen molar-refractivity contribution in [2.45, 2.75) is 36.8 Å². The lowest BCUT2D eigenvalue weighted by molar-refractivity contribution is -0.0772. The smallest absolute Gasteiger partial charge is 0.253 e. The molecule has 0 aromatic heterocycles. The molecule has 0 radical (unpaired) electrons. The number of carbonyl (C=O) groups excluding carboxylic acids is 1. The lowest BCUT2D eigenvalue weighted by atomic mass is 9.56. The second kappa shape index (κ2) is 10.1. The Hall–Kier alpha value is -2.63. The zero-order valence-corrected chi connectivity index (χ0v) is 20.1. The minimum atomic E-state index is -0.0823. The predicted molar refractivity (Wildman–Crippen MR) is 132 cm³/mol. The molecule has 5 nitrogen and oxygen atoms in total. The van der Waals surface area contributed by atoms with Crippen LogP contribution in [0.4, 0.5) is 0 Å². The highest BCUT2D eigenvalue weighted by atomic mass is 16.5. The summed E-state index contributed by atoms with van der Waals surface area (Å²) in [4.78, 5) is 17.7. The summed E-state index contributed by atoms with van der Waals surface area (Å²) in [7, 11) is 5.48. The van der Waals surface area contributed by atoms with E-state index in [1.54, 1.807) is 7.11 Å². The first-order valence-electron chi connectivity index (χ1n) is 11.8. The predicted octanol–water partition coefficient (Wildman–Crippen LogP) is 4.39. The van der Waals surface area contributed by atoms with E-state index in [2.05, 4.69) is 29.7 Å². The Balaban J connectivity index is 1.71. The molecule has 1 aliphatic carbocycles. The highest BCUT2D eigenvalue weighted by molar-refractivity contribution is 5.94. The summed E-state index contributed by atoms with van der Waals surface area (Å²) in [6.45, 7) is 6.79. The van der Waals surface area contributed by atoms with E-state index in [1.807, 2.05) is 61.5 Å². The van der Waals surface area contributed by atoms with E-state index in [-0.39, 0.29) is 23.5 Å². The first kappa shape index (κ1) is 23.5. The number of hydrogen-bond donors (Lipinski definition) is 0. The number of carbonyl (C=O) groups is 1. The number of likely N-dealkylation sites (tertiary alicyclic amines) is 1. The second-order valence-corrected chi connectivity index (χ2v) is 9.44. The SMILES string of the molecule is C=CCN1CCC2(c3cccc(OC)c3)C[C@@H](N(C)C(=O)c3ccccc3)CC(OC)C2C1. The minimum absolute atomic E-state index is 0.0635. The Kier molecular flexibility index (Phi) is 7.20. The first-order chi connectivity index (χ1) is 16.0. The molecule has 2 aromatic rings. The van der Waals surface area contributed by atoms with Crippen LogP contribution in [0, 0.1) is 5.92 Å². The van der Waals surface area contributed by atoms with Gasteiger partial charge < -0.3 is 14.4 Å². The van der Waals surface area contributed by atoms with Crippen LogP contribution in [0.5, 0.6) is 5.75 Å². The van der Waals surface area contributed by atoms with Gasteiger partial charge in [-0.3, -0.25) is 9.69 Å². The van der Waals surface area contributed by atoms with Crippen molar-refractivity contribution in [1.29, 1.82) is 0 Å². The third kappa shape index (κ3) is 4.57. The van der Waals surface area contributed by atoms with Gasteiger partial charge in [0.25, 0.3) is 5.91 Å². The van der Waals surface area contributed by atoms with Crippen LogP contribution >= 0.6 is 0 Å². The maximum atomic E-state index is 13.3. The number of amides is 1. The molecule has 4 atom stereocenters. The number of nitrogens with zero attached hydrogens (tertiary/aromatic N) is 2. The van der Waals surface area contributed by atoms with Crippen LogP contribution in [-0.2, 0) is 10.2 Å². The number of ether oxygens (including phenoxy) is 2. The van der Waals surface area contributed by atoms with Gasteiger partial charge in [-0.05, 0) is 55.6 Å². The molecule has 0 spiro atoms. The molecule has 176 valence electrons. The Morgan fingerprint density at radius 1 is 1.21 bits per heavy atom. The van der Waals surface area contributed by atoms with Crippen molar-refractivity contribution >= 4 is 5.91 Å². The van der Waals surface area contributed by atoms with Crippen molar-refractivity contribution in [2.75, 3.05) is 40.9 Å². The zero-order chi connectivity index (χ0) is 23.4. The summed E-state index contributed by atoms with van der Waals surface area (Å²) >= 11 is 0. The normalized spacial score (nSPS) is 27.4. The van der Waals surface area contributed by atoms with Crippen molar-refractivity contribution in [3.05, 3.63) is 78.4 Å². The van der Waals surface area contributed by atoms with Gasteiger partial charge in [0, 0.05) is 50.2 Å². The Bertz CT molecular complexity index is 963. The third-order valence-corrected chi connectivity index (χ3v) is 7.82. The topological polar surface area (TPSA) is 42.0 Å². The maximum Gasteiger partial charge on any atom is 0.253 e. The molecular formula is C28H36N2O3. The fourth-order valence-corrected chi connectivity index (χ4v) is 6.01. The largest absolute Gasteiger partial charge is 0.497 e. The summed E-state index contributed by atoms with van der Waals surface area (Å²) in [6.07, 6.45) is 4.82. The van der Waals surface area contributed by atoms with Crippen LogP contribution in [0.3, 0.4) is 0 Å². The lowest BCUT2D eigenvalue weighted by Gasteiger charge is -2.56. The average molecular weight is 449 g/mol. The van der Waals surface area contributed by atoms with Gasteiger partial charge in [-0.1, -0.05) is 36.4 Å². The van der Waals surface area contributed by atoms with Crippen LogP contribution in [0.15, 0.2) is 67.3 Å².